The van der Waals surface area contributed by atoms with Crippen molar-refractivity contribution in [3.05, 3.63) is 72.1 Å². The van der Waals surface area contributed by atoms with Crippen LogP contribution in [0.15, 0.2) is 65.9 Å². The maximum absolute atomic E-state index is 13.3. The van der Waals surface area contributed by atoms with E-state index in [1.165, 1.54) is 0 Å². The number of hydrogen-bond donors (Lipinski definition) is 9. The third-order valence-corrected chi connectivity index (χ3v) is 7.19. The summed E-state index contributed by atoms with van der Waals surface area (Å²) < 4.78 is 0. The smallest absolute Gasteiger partial charge is 0.326 e. The molecule has 4 aromatic rings. The molecular formula is C30H37N9O5. The Labute approximate surface area is 252 Å². The number of fused-ring (bicyclic) bond motifs is 2. The number of rotatable bonds is 15. The summed E-state index contributed by atoms with van der Waals surface area (Å²) in [5, 5.41) is 19.3. The molecule has 0 saturated heterocycles. The lowest BCUT2D eigenvalue weighted by molar-refractivity contribution is -0.142. The number of H-pyrrole nitrogens is 2. The normalized spacial score (nSPS) is 13.1. The summed E-state index contributed by atoms with van der Waals surface area (Å²) in [6, 6.07) is 11.7. The van der Waals surface area contributed by atoms with Crippen molar-refractivity contribution in [2.24, 2.45) is 22.2 Å². The van der Waals surface area contributed by atoms with Crippen molar-refractivity contribution in [3.63, 3.8) is 0 Å². The third-order valence-electron chi connectivity index (χ3n) is 7.19. The highest BCUT2D eigenvalue weighted by Gasteiger charge is 2.27. The Bertz CT molecular complexity index is 1660. The van der Waals surface area contributed by atoms with Crippen LogP contribution in [0.1, 0.15) is 24.0 Å². The number of carbonyl (C=O) groups is 4. The van der Waals surface area contributed by atoms with E-state index in [1.807, 2.05) is 48.5 Å². The minimum atomic E-state index is -1.26. The fourth-order valence-electron chi connectivity index (χ4n) is 4.94. The summed E-state index contributed by atoms with van der Waals surface area (Å²) >= 11 is 0. The number of nitrogens with two attached hydrogens (primary N) is 3. The van der Waals surface area contributed by atoms with E-state index in [0.717, 1.165) is 27.4 Å². The van der Waals surface area contributed by atoms with Gasteiger partial charge in [0, 0.05) is 47.2 Å². The van der Waals surface area contributed by atoms with Gasteiger partial charge in [-0.05, 0) is 42.5 Å². The molecule has 0 aliphatic carbocycles. The number of nitrogens with one attached hydrogen (secondary N) is 5. The van der Waals surface area contributed by atoms with Gasteiger partial charge < -0.3 is 48.2 Å². The first-order chi connectivity index (χ1) is 21.1. The van der Waals surface area contributed by atoms with E-state index in [4.69, 9.17) is 17.2 Å². The second-order valence-corrected chi connectivity index (χ2v) is 10.4. The molecule has 0 aliphatic heterocycles. The van der Waals surface area contributed by atoms with E-state index in [9.17, 15) is 24.3 Å². The molecule has 0 bridgehead atoms. The maximum atomic E-state index is 13.3. The SMILES string of the molecule is NC(N)=NCCCC(NC(=O)CNC(=O)C(N)Cc1c[nH]c2ccccc12)C(=O)NC(Cc1c[nH]c2ccccc12)C(=O)O. The molecule has 44 heavy (non-hydrogen) atoms. The van der Waals surface area contributed by atoms with Crippen LogP contribution >= 0.6 is 0 Å². The van der Waals surface area contributed by atoms with Gasteiger partial charge in [0.05, 0.1) is 12.6 Å². The van der Waals surface area contributed by atoms with Crippen LogP contribution in [-0.4, -0.2) is 75.9 Å². The predicted octanol–water partition coefficient (Wildman–Crippen LogP) is -0.0143. The van der Waals surface area contributed by atoms with E-state index >= 15 is 0 Å². The van der Waals surface area contributed by atoms with Crippen LogP contribution in [0.3, 0.4) is 0 Å². The number of hydrogen-bond acceptors (Lipinski definition) is 6. The van der Waals surface area contributed by atoms with Crippen LogP contribution in [0.25, 0.3) is 21.8 Å². The lowest BCUT2D eigenvalue weighted by atomic mass is 10.0. The molecule has 3 unspecified atom stereocenters. The number of aromatic nitrogens is 2. The fraction of sp³-hybridized carbons (Fsp3) is 0.300. The quantitative estimate of drug-likeness (QED) is 0.0506. The predicted molar refractivity (Wildman–Crippen MR) is 166 cm³/mol. The van der Waals surface area contributed by atoms with E-state index in [0.29, 0.717) is 12.0 Å². The summed E-state index contributed by atoms with van der Waals surface area (Å²) in [6.45, 7) is -0.241. The highest BCUT2D eigenvalue weighted by Crippen LogP contribution is 2.20. The molecule has 3 atom stereocenters. The minimum absolute atomic E-state index is 0.0180. The first-order valence-electron chi connectivity index (χ1n) is 14.1. The van der Waals surface area contributed by atoms with Gasteiger partial charge in [-0.1, -0.05) is 36.4 Å². The molecule has 0 radical (unpaired) electrons. The number of aromatic amines is 2. The standard InChI is InChI=1S/C30H37N9O5/c31-21(12-17-14-35-22-8-3-1-6-19(17)22)27(41)37-16-26(40)38-24(10-5-11-34-30(32)33)28(42)39-25(29(43)44)13-18-15-36-23-9-4-2-7-20(18)23/h1-4,6-9,14-15,21,24-25,35-36H,5,10-13,16,31H2,(H,37,41)(H,38,40)(H,39,42)(H,43,44)(H4,32,33,34). The molecule has 0 saturated carbocycles. The number of carboxylic acid groups (broad SMARTS) is 1. The van der Waals surface area contributed by atoms with Gasteiger partial charge >= 0.3 is 5.97 Å². The number of benzene rings is 2. The number of nitrogens with zero attached hydrogens (tertiary/aromatic N) is 1. The minimum Gasteiger partial charge on any atom is -0.480 e. The molecular weight excluding hydrogens is 566 g/mol. The lowest BCUT2D eigenvalue weighted by Gasteiger charge is -2.22. The number of aliphatic imine (C=N–C) groups is 1. The highest BCUT2D eigenvalue weighted by molar-refractivity contribution is 5.93. The Morgan fingerprint density at radius 3 is 2.00 bits per heavy atom. The van der Waals surface area contributed by atoms with Gasteiger partial charge in [0.15, 0.2) is 5.96 Å². The number of carbonyl (C=O) groups excluding carboxylic acids is 3. The number of para-hydroxylation sites is 2. The largest absolute Gasteiger partial charge is 0.480 e. The zero-order chi connectivity index (χ0) is 31.6. The average Bonchev–Trinajstić information content (AvgIpc) is 3.60. The average molecular weight is 604 g/mol. The molecule has 232 valence electrons. The molecule has 3 amide bonds. The van der Waals surface area contributed by atoms with Gasteiger partial charge in [0.25, 0.3) is 0 Å². The third kappa shape index (κ3) is 8.35. The highest BCUT2D eigenvalue weighted by atomic mass is 16.4. The van der Waals surface area contributed by atoms with Crippen molar-refractivity contribution in [1.82, 2.24) is 25.9 Å². The Hall–Kier alpha value is -5.37. The van der Waals surface area contributed by atoms with Crippen molar-refractivity contribution < 1.29 is 24.3 Å². The van der Waals surface area contributed by atoms with E-state index in [1.54, 1.807) is 12.4 Å². The van der Waals surface area contributed by atoms with Crippen molar-refractivity contribution in [2.75, 3.05) is 13.1 Å². The van der Waals surface area contributed by atoms with Crippen molar-refractivity contribution in [3.8, 4) is 0 Å². The van der Waals surface area contributed by atoms with Crippen molar-refractivity contribution >= 4 is 51.5 Å². The van der Waals surface area contributed by atoms with Crippen LogP contribution in [0.2, 0.25) is 0 Å². The van der Waals surface area contributed by atoms with Gasteiger partial charge in [-0.2, -0.15) is 0 Å². The molecule has 0 fully saturated rings. The van der Waals surface area contributed by atoms with Gasteiger partial charge in [-0.25, -0.2) is 4.79 Å². The molecule has 0 aliphatic rings. The van der Waals surface area contributed by atoms with Crippen molar-refractivity contribution in [1.29, 1.82) is 0 Å². The van der Waals surface area contributed by atoms with Crippen LogP contribution in [0.4, 0.5) is 0 Å². The summed E-state index contributed by atoms with van der Waals surface area (Å²) in [7, 11) is 0. The molecule has 2 aromatic heterocycles. The Balaban J connectivity index is 1.36. The number of amides is 3. The van der Waals surface area contributed by atoms with Crippen LogP contribution in [0, 0.1) is 0 Å². The molecule has 12 N–H and O–H groups in total. The summed E-state index contributed by atoms with van der Waals surface area (Å²) in [4.78, 5) is 60.9. The molecule has 14 nitrogen and oxygen atoms in total. The number of guanidine groups is 1. The number of aliphatic carboxylic acids is 1. The zero-order valence-electron chi connectivity index (χ0n) is 24.0. The maximum Gasteiger partial charge on any atom is 0.326 e. The van der Waals surface area contributed by atoms with Crippen LogP contribution < -0.4 is 33.2 Å². The Morgan fingerprint density at radius 1 is 0.818 bits per heavy atom. The van der Waals surface area contributed by atoms with Crippen molar-refractivity contribution in [2.45, 2.75) is 43.8 Å². The van der Waals surface area contributed by atoms with E-state index < -0.39 is 48.4 Å². The molecule has 0 spiro atoms. The van der Waals surface area contributed by atoms with Gasteiger partial charge in [0.2, 0.25) is 17.7 Å². The zero-order valence-corrected chi connectivity index (χ0v) is 24.0. The van der Waals surface area contributed by atoms with Gasteiger partial charge in [-0.15, -0.1) is 0 Å². The molecule has 2 heterocycles. The van der Waals surface area contributed by atoms with Crippen LogP contribution in [0.5, 0.6) is 0 Å². The fourth-order valence-corrected chi connectivity index (χ4v) is 4.94. The summed E-state index contributed by atoms with van der Waals surface area (Å²) in [5.74, 6) is -3.23. The molecule has 2 aromatic carbocycles. The Kier molecular flexibility index (Phi) is 10.5. The second kappa shape index (κ2) is 14.7. The first-order valence-corrected chi connectivity index (χ1v) is 14.1. The topological polar surface area (TPSA) is 247 Å². The van der Waals surface area contributed by atoms with Gasteiger partial charge in [0.1, 0.15) is 12.1 Å². The second-order valence-electron chi connectivity index (χ2n) is 10.4. The number of carboxylic acids is 1. The van der Waals surface area contributed by atoms with Gasteiger partial charge in [-0.3, -0.25) is 19.4 Å². The van der Waals surface area contributed by atoms with E-state index in [2.05, 4.69) is 30.9 Å². The summed E-state index contributed by atoms with van der Waals surface area (Å²) in [5.41, 5.74) is 20.2. The molecule has 4 rings (SSSR count). The first kappa shape index (κ1) is 31.6. The molecule has 14 heteroatoms. The Morgan fingerprint density at radius 2 is 1.41 bits per heavy atom. The summed E-state index contributed by atoms with van der Waals surface area (Å²) in [6.07, 6.45) is 4.19. The van der Waals surface area contributed by atoms with Crippen LogP contribution in [-0.2, 0) is 32.0 Å². The van der Waals surface area contributed by atoms with E-state index in [-0.39, 0.29) is 31.8 Å². The monoisotopic (exact) mass is 603 g/mol. The lowest BCUT2D eigenvalue weighted by Crippen LogP contribution is -2.54.